The number of nitrogens with zero attached hydrogens (tertiary/aromatic N) is 2. The fraction of sp³-hybridized carbons (Fsp3) is 0.269. The van der Waals surface area contributed by atoms with E-state index in [4.69, 9.17) is 25.4 Å². The number of para-hydroxylation sites is 1. The summed E-state index contributed by atoms with van der Waals surface area (Å²) in [7, 11) is 1.21. The molecule has 0 aliphatic heterocycles. The average molecular weight is 507 g/mol. The summed E-state index contributed by atoms with van der Waals surface area (Å²) in [5, 5.41) is 14.2. The van der Waals surface area contributed by atoms with Gasteiger partial charge in [0, 0.05) is 12.1 Å². The van der Waals surface area contributed by atoms with Gasteiger partial charge in [0.15, 0.2) is 0 Å². The van der Waals surface area contributed by atoms with Crippen molar-refractivity contribution in [2.75, 3.05) is 24.7 Å². The van der Waals surface area contributed by atoms with Crippen molar-refractivity contribution in [3.8, 4) is 11.5 Å². The summed E-state index contributed by atoms with van der Waals surface area (Å²) in [6.07, 6.45) is 0.456. The molecule has 1 unspecified atom stereocenters. The molecule has 0 saturated carbocycles. The van der Waals surface area contributed by atoms with Crippen LogP contribution in [0.15, 0.2) is 60.9 Å². The summed E-state index contributed by atoms with van der Waals surface area (Å²) in [6.45, 7) is 5.02. The van der Waals surface area contributed by atoms with Gasteiger partial charge in [0.1, 0.15) is 41.1 Å². The molecule has 11 nitrogen and oxygen atoms in total. The molecule has 0 aliphatic rings. The highest BCUT2D eigenvalue weighted by molar-refractivity contribution is 6.16. The standard InChI is InChI=1S/C26H30N6O5/c1-26(2,3)37-25(34)32-19(24(33)35-4)14-29-23-20(22(28)30-15-31-23)21(27)16-10-12-18(13-11-16)36-17-8-6-5-7-9-17/h5-13,15,19,27H,14H2,1-4H3,(H,32,34)(H3,28,29,30,31). The van der Waals surface area contributed by atoms with E-state index in [-0.39, 0.29) is 29.5 Å². The lowest BCUT2D eigenvalue weighted by molar-refractivity contribution is -0.142. The van der Waals surface area contributed by atoms with E-state index in [9.17, 15) is 9.59 Å². The van der Waals surface area contributed by atoms with Crippen LogP contribution in [-0.2, 0) is 14.3 Å². The molecule has 0 radical (unpaired) electrons. The maximum atomic E-state index is 12.3. The van der Waals surface area contributed by atoms with E-state index in [0.717, 1.165) is 0 Å². The highest BCUT2D eigenvalue weighted by Crippen LogP contribution is 2.25. The van der Waals surface area contributed by atoms with Crippen molar-refractivity contribution >= 4 is 29.4 Å². The largest absolute Gasteiger partial charge is 0.467 e. The van der Waals surface area contributed by atoms with Crippen molar-refractivity contribution in [3.05, 3.63) is 72.1 Å². The van der Waals surface area contributed by atoms with Gasteiger partial charge in [0.25, 0.3) is 0 Å². The molecule has 1 heterocycles. The van der Waals surface area contributed by atoms with Gasteiger partial charge in [-0.05, 0) is 57.2 Å². The van der Waals surface area contributed by atoms with E-state index >= 15 is 0 Å². The van der Waals surface area contributed by atoms with Crippen molar-refractivity contribution in [1.29, 1.82) is 5.41 Å². The molecule has 11 heteroatoms. The van der Waals surface area contributed by atoms with Crippen LogP contribution in [0.5, 0.6) is 11.5 Å². The van der Waals surface area contributed by atoms with Crippen LogP contribution in [0.2, 0.25) is 0 Å². The van der Waals surface area contributed by atoms with Crippen molar-refractivity contribution in [1.82, 2.24) is 15.3 Å². The summed E-state index contributed by atoms with van der Waals surface area (Å²) in [5.74, 6) is 0.889. The van der Waals surface area contributed by atoms with Crippen LogP contribution in [0.4, 0.5) is 16.4 Å². The first kappa shape index (κ1) is 26.9. The first-order valence-corrected chi connectivity index (χ1v) is 11.4. The van der Waals surface area contributed by atoms with Gasteiger partial charge in [0.05, 0.1) is 18.4 Å². The minimum atomic E-state index is -1.09. The normalized spacial score (nSPS) is 11.7. The molecule has 0 spiro atoms. The molecule has 0 aliphatic carbocycles. The van der Waals surface area contributed by atoms with Crippen molar-refractivity contribution in [2.45, 2.75) is 32.4 Å². The lowest BCUT2D eigenvalue weighted by Gasteiger charge is -2.23. The number of amides is 1. The number of alkyl carbamates (subject to hydrolysis) is 1. The maximum absolute atomic E-state index is 12.3. The number of aromatic nitrogens is 2. The Morgan fingerprint density at radius 3 is 2.30 bits per heavy atom. The van der Waals surface area contributed by atoms with Gasteiger partial charge in [0.2, 0.25) is 0 Å². The third-order valence-electron chi connectivity index (χ3n) is 4.90. The van der Waals surface area contributed by atoms with Gasteiger partial charge < -0.3 is 30.6 Å². The van der Waals surface area contributed by atoms with Gasteiger partial charge in [-0.15, -0.1) is 0 Å². The first-order chi connectivity index (χ1) is 17.6. The number of methoxy groups -OCH3 is 1. The average Bonchev–Trinajstić information content (AvgIpc) is 2.85. The molecular weight excluding hydrogens is 476 g/mol. The molecule has 3 aromatic rings. The molecule has 1 amide bonds. The summed E-state index contributed by atoms with van der Waals surface area (Å²) in [5.41, 5.74) is 6.19. The zero-order chi connectivity index (χ0) is 27.0. The van der Waals surface area contributed by atoms with Gasteiger partial charge >= 0.3 is 12.1 Å². The molecule has 5 N–H and O–H groups in total. The van der Waals surface area contributed by atoms with Crippen molar-refractivity contribution < 1.29 is 23.8 Å². The molecule has 2 aromatic carbocycles. The van der Waals surface area contributed by atoms with E-state index in [1.165, 1.54) is 13.4 Å². The van der Waals surface area contributed by atoms with E-state index < -0.39 is 23.7 Å². The van der Waals surface area contributed by atoms with E-state index in [1.54, 1.807) is 45.0 Å². The van der Waals surface area contributed by atoms with Crippen LogP contribution < -0.4 is 21.1 Å². The van der Waals surface area contributed by atoms with Crippen LogP contribution >= 0.6 is 0 Å². The monoisotopic (exact) mass is 506 g/mol. The second kappa shape index (κ2) is 11.8. The minimum absolute atomic E-state index is 0.0570. The number of ether oxygens (including phenoxy) is 3. The number of hydrogen-bond donors (Lipinski definition) is 4. The van der Waals surface area contributed by atoms with Crippen LogP contribution in [0.1, 0.15) is 31.9 Å². The fourth-order valence-corrected chi connectivity index (χ4v) is 3.22. The Morgan fingerprint density at radius 2 is 1.68 bits per heavy atom. The Balaban J connectivity index is 1.76. The molecule has 3 rings (SSSR count). The molecule has 37 heavy (non-hydrogen) atoms. The second-order valence-electron chi connectivity index (χ2n) is 8.90. The van der Waals surface area contributed by atoms with Crippen LogP contribution in [0, 0.1) is 5.41 Å². The van der Waals surface area contributed by atoms with Gasteiger partial charge in [-0.2, -0.15) is 0 Å². The second-order valence-corrected chi connectivity index (χ2v) is 8.90. The third kappa shape index (κ3) is 7.66. The lowest BCUT2D eigenvalue weighted by Crippen LogP contribution is -2.47. The van der Waals surface area contributed by atoms with E-state index in [0.29, 0.717) is 17.1 Å². The zero-order valence-electron chi connectivity index (χ0n) is 21.1. The highest BCUT2D eigenvalue weighted by atomic mass is 16.6. The van der Waals surface area contributed by atoms with Gasteiger partial charge in [-0.1, -0.05) is 18.2 Å². The number of benzene rings is 2. The Kier molecular flexibility index (Phi) is 8.62. The van der Waals surface area contributed by atoms with Crippen LogP contribution in [0.3, 0.4) is 0 Å². The lowest BCUT2D eigenvalue weighted by atomic mass is 10.0. The number of rotatable bonds is 9. The predicted octanol–water partition coefficient (Wildman–Crippen LogP) is 3.75. The predicted molar refractivity (Wildman–Crippen MR) is 139 cm³/mol. The van der Waals surface area contributed by atoms with Crippen LogP contribution in [0.25, 0.3) is 0 Å². The molecular formula is C26H30N6O5. The first-order valence-electron chi connectivity index (χ1n) is 11.4. The Morgan fingerprint density at radius 1 is 1.03 bits per heavy atom. The highest BCUT2D eigenvalue weighted by Gasteiger charge is 2.26. The third-order valence-corrected chi connectivity index (χ3v) is 4.90. The van der Waals surface area contributed by atoms with Crippen LogP contribution in [-0.4, -0.2) is 53.0 Å². The fourth-order valence-electron chi connectivity index (χ4n) is 3.22. The number of nitrogens with one attached hydrogen (secondary N) is 3. The topological polar surface area (TPSA) is 162 Å². The smallest absolute Gasteiger partial charge is 0.408 e. The molecule has 0 bridgehead atoms. The number of esters is 1. The Bertz CT molecular complexity index is 1240. The minimum Gasteiger partial charge on any atom is -0.467 e. The quantitative estimate of drug-likeness (QED) is 0.250. The summed E-state index contributed by atoms with van der Waals surface area (Å²) < 4.78 is 15.8. The molecule has 1 aromatic heterocycles. The summed E-state index contributed by atoms with van der Waals surface area (Å²) in [4.78, 5) is 32.7. The zero-order valence-corrected chi connectivity index (χ0v) is 21.1. The van der Waals surface area contributed by atoms with E-state index in [1.807, 2.05) is 30.3 Å². The molecule has 0 saturated heterocycles. The number of hydrogen-bond acceptors (Lipinski definition) is 10. The van der Waals surface area contributed by atoms with E-state index in [2.05, 4.69) is 20.6 Å². The number of anilines is 2. The van der Waals surface area contributed by atoms with Gasteiger partial charge in [-0.25, -0.2) is 19.6 Å². The van der Waals surface area contributed by atoms with Crippen molar-refractivity contribution in [3.63, 3.8) is 0 Å². The number of carbonyl (C=O) groups excluding carboxylic acids is 2. The summed E-state index contributed by atoms with van der Waals surface area (Å²) in [6, 6.07) is 15.2. The number of nitrogen functional groups attached to an aromatic ring is 1. The molecule has 194 valence electrons. The van der Waals surface area contributed by atoms with Gasteiger partial charge in [-0.3, -0.25) is 5.41 Å². The number of nitrogens with two attached hydrogens (primary N) is 1. The summed E-state index contributed by atoms with van der Waals surface area (Å²) >= 11 is 0. The molecule has 1 atom stereocenters. The molecule has 0 fully saturated rings. The maximum Gasteiger partial charge on any atom is 0.408 e. The Hall–Kier alpha value is -4.67. The SMILES string of the molecule is COC(=O)C(CNc1ncnc(N)c1C(=N)c1ccc(Oc2ccccc2)cc1)NC(=O)OC(C)(C)C. The Labute approximate surface area is 214 Å². The van der Waals surface area contributed by atoms with Crippen molar-refractivity contribution in [2.24, 2.45) is 0 Å². The number of carbonyl (C=O) groups is 2.